The number of thiophene rings is 1. The van der Waals surface area contributed by atoms with Crippen LogP contribution in [0, 0.1) is 12.8 Å². The maximum atomic E-state index is 11.9. The Balaban J connectivity index is 1.82. The van der Waals surface area contributed by atoms with E-state index in [1.807, 2.05) is 42.6 Å². The van der Waals surface area contributed by atoms with Gasteiger partial charge >= 0.3 is 5.97 Å². The van der Waals surface area contributed by atoms with Crippen LogP contribution in [0.2, 0.25) is 5.02 Å². The Morgan fingerprint density at radius 3 is 2.75 bits per heavy atom. The first-order chi connectivity index (χ1) is 11.4. The second kappa shape index (κ2) is 8.85. The molecule has 1 atom stereocenters. The molecule has 0 saturated carbocycles. The van der Waals surface area contributed by atoms with Crippen molar-refractivity contribution in [2.24, 2.45) is 5.92 Å². The van der Waals surface area contributed by atoms with Crippen molar-refractivity contribution in [1.29, 1.82) is 0 Å². The van der Waals surface area contributed by atoms with Crippen LogP contribution in [0.4, 0.5) is 0 Å². The molecule has 1 amide bonds. The zero-order valence-corrected chi connectivity index (χ0v) is 15.0. The van der Waals surface area contributed by atoms with Crippen LogP contribution in [-0.2, 0) is 22.4 Å². The standard InChI is InChI=1S/C18H20ClNO3S/c1-12-3-2-4-13(7-12)8-14(18(22)23)10-20-17(21)6-5-16-9-15(19)11-24-16/h2-4,7,9,11,14H,5-6,8,10H2,1H3,(H,20,21)(H,22,23). The van der Waals surface area contributed by atoms with Gasteiger partial charge in [0.15, 0.2) is 0 Å². The van der Waals surface area contributed by atoms with Crippen LogP contribution in [0.15, 0.2) is 35.7 Å². The molecule has 1 aromatic carbocycles. The number of amides is 1. The van der Waals surface area contributed by atoms with Crippen molar-refractivity contribution in [2.75, 3.05) is 6.54 Å². The molecule has 2 aromatic rings. The van der Waals surface area contributed by atoms with Crippen LogP contribution in [0.3, 0.4) is 0 Å². The second-order valence-corrected chi connectivity index (χ2v) is 7.20. The Bertz CT molecular complexity index is 714. The number of hydrogen-bond donors (Lipinski definition) is 2. The van der Waals surface area contributed by atoms with E-state index in [1.165, 1.54) is 11.3 Å². The van der Waals surface area contributed by atoms with Gasteiger partial charge in [0.1, 0.15) is 0 Å². The maximum absolute atomic E-state index is 11.9. The Hall–Kier alpha value is -1.85. The van der Waals surface area contributed by atoms with Crippen molar-refractivity contribution in [2.45, 2.75) is 26.2 Å². The van der Waals surface area contributed by atoms with Gasteiger partial charge in [-0.1, -0.05) is 41.4 Å². The molecule has 24 heavy (non-hydrogen) atoms. The van der Waals surface area contributed by atoms with Crippen molar-refractivity contribution in [1.82, 2.24) is 5.32 Å². The van der Waals surface area contributed by atoms with Crippen LogP contribution < -0.4 is 5.32 Å². The predicted octanol–water partition coefficient (Wildman–Crippen LogP) is 3.70. The van der Waals surface area contributed by atoms with Gasteiger partial charge in [-0.05, 0) is 31.4 Å². The third-order valence-electron chi connectivity index (χ3n) is 3.68. The Kier molecular flexibility index (Phi) is 6.82. The van der Waals surface area contributed by atoms with E-state index in [4.69, 9.17) is 11.6 Å². The summed E-state index contributed by atoms with van der Waals surface area (Å²) in [4.78, 5) is 24.4. The van der Waals surface area contributed by atoms with Crippen LogP contribution in [-0.4, -0.2) is 23.5 Å². The third kappa shape index (κ3) is 5.98. The fraction of sp³-hybridized carbons (Fsp3) is 0.333. The van der Waals surface area contributed by atoms with Crippen LogP contribution in [0.1, 0.15) is 22.4 Å². The molecule has 4 nitrogen and oxygen atoms in total. The lowest BCUT2D eigenvalue weighted by molar-refractivity contribution is -0.141. The summed E-state index contributed by atoms with van der Waals surface area (Å²) in [6, 6.07) is 9.60. The van der Waals surface area contributed by atoms with Crippen molar-refractivity contribution >= 4 is 34.8 Å². The smallest absolute Gasteiger partial charge is 0.308 e. The van der Waals surface area contributed by atoms with Gasteiger partial charge in [0.2, 0.25) is 5.91 Å². The van der Waals surface area contributed by atoms with E-state index in [2.05, 4.69) is 5.32 Å². The summed E-state index contributed by atoms with van der Waals surface area (Å²) in [7, 11) is 0. The van der Waals surface area contributed by atoms with E-state index < -0.39 is 11.9 Å². The monoisotopic (exact) mass is 365 g/mol. The van der Waals surface area contributed by atoms with Gasteiger partial charge in [-0.15, -0.1) is 11.3 Å². The summed E-state index contributed by atoms with van der Waals surface area (Å²) in [5, 5.41) is 14.6. The summed E-state index contributed by atoms with van der Waals surface area (Å²) < 4.78 is 0. The Morgan fingerprint density at radius 2 is 2.12 bits per heavy atom. The van der Waals surface area contributed by atoms with E-state index >= 15 is 0 Å². The minimum absolute atomic E-state index is 0.132. The molecule has 128 valence electrons. The molecule has 0 aliphatic carbocycles. The Labute approximate surface area is 150 Å². The fourth-order valence-electron chi connectivity index (χ4n) is 2.42. The number of aryl methyl sites for hydroxylation is 2. The van der Waals surface area contributed by atoms with E-state index in [0.29, 0.717) is 24.3 Å². The SMILES string of the molecule is Cc1cccc(CC(CNC(=O)CCc2cc(Cl)cs2)C(=O)O)c1. The molecule has 2 N–H and O–H groups in total. The third-order valence-corrected chi connectivity index (χ3v) is 5.02. The molecule has 0 bridgehead atoms. The molecule has 0 saturated heterocycles. The van der Waals surface area contributed by atoms with Crippen molar-refractivity contribution in [3.63, 3.8) is 0 Å². The number of carboxylic acid groups (broad SMARTS) is 1. The van der Waals surface area contributed by atoms with Gasteiger partial charge in [-0.2, -0.15) is 0 Å². The van der Waals surface area contributed by atoms with E-state index in [9.17, 15) is 14.7 Å². The van der Waals surface area contributed by atoms with Gasteiger partial charge in [0.05, 0.1) is 10.9 Å². The highest BCUT2D eigenvalue weighted by molar-refractivity contribution is 7.10. The first-order valence-corrected chi connectivity index (χ1v) is 8.98. The summed E-state index contributed by atoms with van der Waals surface area (Å²) in [6.07, 6.45) is 1.34. The average molecular weight is 366 g/mol. The number of carbonyl (C=O) groups excluding carboxylic acids is 1. The summed E-state index contributed by atoms with van der Waals surface area (Å²) >= 11 is 7.36. The molecule has 0 aliphatic heterocycles. The zero-order valence-electron chi connectivity index (χ0n) is 13.4. The van der Waals surface area contributed by atoms with Gasteiger partial charge in [-0.25, -0.2) is 0 Å². The first kappa shape index (κ1) is 18.5. The molecular weight excluding hydrogens is 346 g/mol. The molecule has 0 spiro atoms. The largest absolute Gasteiger partial charge is 0.481 e. The minimum atomic E-state index is -0.901. The molecule has 6 heteroatoms. The summed E-state index contributed by atoms with van der Waals surface area (Å²) in [6.45, 7) is 2.10. The maximum Gasteiger partial charge on any atom is 0.308 e. The zero-order chi connectivity index (χ0) is 17.5. The number of carboxylic acids is 1. The molecule has 0 aliphatic rings. The summed E-state index contributed by atoms with van der Waals surface area (Å²) in [5.41, 5.74) is 2.06. The first-order valence-electron chi connectivity index (χ1n) is 7.72. The van der Waals surface area contributed by atoms with Crippen LogP contribution >= 0.6 is 22.9 Å². The van der Waals surface area contributed by atoms with Gasteiger partial charge in [0, 0.05) is 23.2 Å². The molecule has 1 aromatic heterocycles. The molecule has 0 radical (unpaired) electrons. The highest BCUT2D eigenvalue weighted by Gasteiger charge is 2.19. The number of aliphatic carboxylic acids is 1. The highest BCUT2D eigenvalue weighted by atomic mass is 35.5. The molecule has 1 heterocycles. The fourth-order valence-corrected chi connectivity index (χ4v) is 3.49. The average Bonchev–Trinajstić information content (AvgIpc) is 2.94. The lowest BCUT2D eigenvalue weighted by Crippen LogP contribution is -2.34. The normalized spacial score (nSPS) is 11.9. The number of nitrogens with one attached hydrogen (secondary N) is 1. The molecule has 2 rings (SSSR count). The second-order valence-electron chi connectivity index (χ2n) is 5.76. The molecule has 1 unspecified atom stereocenters. The van der Waals surface area contributed by atoms with E-state index in [-0.39, 0.29) is 12.5 Å². The van der Waals surface area contributed by atoms with Crippen molar-refractivity contribution < 1.29 is 14.7 Å². The molecular formula is C18H20ClNO3S. The van der Waals surface area contributed by atoms with E-state index in [0.717, 1.165) is 16.0 Å². The number of hydrogen-bond acceptors (Lipinski definition) is 3. The van der Waals surface area contributed by atoms with Crippen LogP contribution in [0.5, 0.6) is 0 Å². The highest BCUT2D eigenvalue weighted by Crippen LogP contribution is 2.20. The predicted molar refractivity (Wildman–Crippen MR) is 96.7 cm³/mol. The van der Waals surface area contributed by atoms with Gasteiger partial charge in [0.25, 0.3) is 0 Å². The topological polar surface area (TPSA) is 66.4 Å². The number of rotatable bonds is 8. The van der Waals surface area contributed by atoms with Crippen molar-refractivity contribution in [3.8, 4) is 0 Å². The minimum Gasteiger partial charge on any atom is -0.481 e. The lowest BCUT2D eigenvalue weighted by atomic mass is 9.98. The summed E-state index contributed by atoms with van der Waals surface area (Å²) in [5.74, 6) is -1.68. The quantitative estimate of drug-likeness (QED) is 0.749. The lowest BCUT2D eigenvalue weighted by Gasteiger charge is -2.14. The van der Waals surface area contributed by atoms with Crippen LogP contribution in [0.25, 0.3) is 0 Å². The number of carbonyl (C=O) groups is 2. The number of halogens is 1. The molecule has 0 fully saturated rings. The number of benzene rings is 1. The Morgan fingerprint density at radius 1 is 1.33 bits per heavy atom. The van der Waals surface area contributed by atoms with E-state index in [1.54, 1.807) is 0 Å². The van der Waals surface area contributed by atoms with Gasteiger partial charge in [-0.3, -0.25) is 9.59 Å². The van der Waals surface area contributed by atoms with Gasteiger partial charge < -0.3 is 10.4 Å². The van der Waals surface area contributed by atoms with Crippen molar-refractivity contribution in [3.05, 3.63) is 56.7 Å².